The smallest absolute Gasteiger partial charge is 0.329 e. The number of amides is 2. The first-order valence-corrected chi connectivity index (χ1v) is 11.2. The lowest BCUT2D eigenvalue weighted by molar-refractivity contribution is 0.0459. The van der Waals surface area contributed by atoms with Gasteiger partial charge in [-0.1, -0.05) is 24.6 Å². The molecule has 0 aromatic heterocycles. The number of carbonyl (C=O) groups excluding carboxylic acids is 1. The summed E-state index contributed by atoms with van der Waals surface area (Å²) >= 11 is 6.21. The van der Waals surface area contributed by atoms with Crippen molar-refractivity contribution in [3.8, 4) is 0 Å². The molecule has 0 bridgehead atoms. The topological polar surface area (TPSA) is 60.4 Å². The summed E-state index contributed by atoms with van der Waals surface area (Å²) in [6, 6.07) is 4.80. The minimum Gasteiger partial charge on any atom is -0.381 e. The average Bonchev–Trinajstić information content (AvgIpc) is 3.34. The molecule has 0 saturated carbocycles. The molecule has 2 amide bonds. The predicted molar refractivity (Wildman–Crippen MR) is 116 cm³/mol. The molecule has 31 heavy (non-hydrogen) atoms. The van der Waals surface area contributed by atoms with E-state index < -0.39 is 0 Å². The van der Waals surface area contributed by atoms with Crippen molar-refractivity contribution >= 4 is 23.5 Å². The molecule has 1 aromatic rings. The van der Waals surface area contributed by atoms with Gasteiger partial charge in [-0.25, -0.2) is 14.2 Å². The van der Waals surface area contributed by atoms with Gasteiger partial charge in [0.1, 0.15) is 18.3 Å². The summed E-state index contributed by atoms with van der Waals surface area (Å²) in [5.41, 5.74) is 0.905. The van der Waals surface area contributed by atoms with Gasteiger partial charge < -0.3 is 9.64 Å². The largest absolute Gasteiger partial charge is 0.381 e. The van der Waals surface area contributed by atoms with Gasteiger partial charge in [0.25, 0.3) is 0 Å². The highest BCUT2D eigenvalue weighted by Crippen LogP contribution is 2.31. The minimum absolute atomic E-state index is 0.113. The quantitative estimate of drug-likeness (QED) is 0.769. The number of aliphatic imine (C=N–C) groups is 1. The van der Waals surface area contributed by atoms with E-state index in [-0.39, 0.29) is 17.8 Å². The highest BCUT2D eigenvalue weighted by atomic mass is 35.5. The summed E-state index contributed by atoms with van der Waals surface area (Å²) in [4.78, 5) is 23.8. The lowest BCUT2D eigenvalue weighted by Gasteiger charge is -2.32. The van der Waals surface area contributed by atoms with Crippen molar-refractivity contribution in [1.29, 1.82) is 0 Å². The van der Waals surface area contributed by atoms with E-state index in [1.807, 2.05) is 6.20 Å². The summed E-state index contributed by atoms with van der Waals surface area (Å²) in [5, 5.41) is 3.47. The molecule has 4 heterocycles. The second kappa shape index (κ2) is 8.41. The van der Waals surface area contributed by atoms with Crippen molar-refractivity contribution in [3.05, 3.63) is 46.6 Å². The van der Waals surface area contributed by atoms with Crippen LogP contribution in [0.1, 0.15) is 25.3 Å². The summed E-state index contributed by atoms with van der Waals surface area (Å²) < 4.78 is 18.8. The Hall–Kier alpha value is -2.16. The van der Waals surface area contributed by atoms with Crippen LogP contribution in [0, 0.1) is 17.7 Å². The van der Waals surface area contributed by atoms with Gasteiger partial charge in [-0.15, -0.1) is 0 Å². The molecular weight excluding hydrogens is 421 g/mol. The van der Waals surface area contributed by atoms with E-state index in [1.54, 1.807) is 11.0 Å². The highest BCUT2D eigenvalue weighted by Gasteiger charge is 2.40. The van der Waals surface area contributed by atoms with Gasteiger partial charge in [-0.3, -0.25) is 15.1 Å². The third-order valence-corrected chi connectivity index (χ3v) is 7.04. The molecule has 2 atom stereocenters. The number of amidine groups is 1. The number of nitrogens with one attached hydrogen (secondary N) is 1. The van der Waals surface area contributed by atoms with Crippen molar-refractivity contribution in [2.45, 2.75) is 32.4 Å². The van der Waals surface area contributed by atoms with Crippen molar-refractivity contribution in [2.75, 3.05) is 33.0 Å². The molecule has 0 aliphatic carbocycles. The summed E-state index contributed by atoms with van der Waals surface area (Å²) in [6.45, 7) is 6.52. The van der Waals surface area contributed by atoms with E-state index in [2.05, 4.69) is 22.0 Å². The van der Waals surface area contributed by atoms with Crippen LogP contribution in [-0.4, -0.2) is 65.6 Å². The van der Waals surface area contributed by atoms with E-state index >= 15 is 0 Å². The SMILES string of the molecule is CC1CN(Cc2ccc(F)cc2Cl)CC1C1=NC2=CN(C3CCOCC3)CN2C(=O)N1. The maximum absolute atomic E-state index is 13.3. The van der Waals surface area contributed by atoms with Crippen LogP contribution < -0.4 is 5.32 Å². The van der Waals surface area contributed by atoms with E-state index in [0.29, 0.717) is 30.2 Å². The molecule has 2 saturated heterocycles. The predicted octanol–water partition coefficient (Wildman–Crippen LogP) is 3.22. The van der Waals surface area contributed by atoms with Crippen LogP contribution in [-0.2, 0) is 11.3 Å². The van der Waals surface area contributed by atoms with Crippen LogP contribution in [0.3, 0.4) is 0 Å². The number of hydrogen-bond donors (Lipinski definition) is 1. The Morgan fingerprint density at radius 2 is 2.10 bits per heavy atom. The number of ether oxygens (including phenoxy) is 1. The monoisotopic (exact) mass is 447 g/mol. The van der Waals surface area contributed by atoms with Crippen molar-refractivity contribution in [1.82, 2.24) is 20.0 Å². The first kappa shape index (κ1) is 20.7. The molecule has 1 N–H and O–H groups in total. The zero-order valence-corrected chi connectivity index (χ0v) is 18.3. The summed E-state index contributed by atoms with van der Waals surface area (Å²) in [6.07, 6.45) is 3.96. The standard InChI is InChI=1S/C22H27ClFN5O2/c1-14-9-27(10-15-2-3-16(24)8-19(15)23)11-18(14)21-25-20-12-28(13-29(20)22(30)26-21)17-4-6-31-7-5-17/h2-3,8,12,14,17-18H,4-7,9-11,13H2,1H3,(H,25,26,30). The van der Waals surface area contributed by atoms with Gasteiger partial charge in [0, 0.05) is 56.0 Å². The Labute approximate surface area is 186 Å². The first-order chi connectivity index (χ1) is 15.0. The molecule has 0 spiro atoms. The molecule has 9 heteroatoms. The Morgan fingerprint density at radius 3 is 2.87 bits per heavy atom. The number of benzene rings is 1. The molecule has 2 unspecified atom stereocenters. The maximum Gasteiger partial charge on any atom is 0.329 e. The number of urea groups is 1. The minimum atomic E-state index is -0.329. The number of rotatable bonds is 4. The van der Waals surface area contributed by atoms with Crippen LogP contribution in [0.4, 0.5) is 9.18 Å². The second-order valence-electron chi connectivity index (χ2n) is 8.86. The van der Waals surface area contributed by atoms with Gasteiger partial charge in [0.05, 0.1) is 0 Å². The van der Waals surface area contributed by atoms with Crippen molar-refractivity contribution in [2.24, 2.45) is 16.8 Å². The molecule has 5 rings (SSSR count). The number of carbonyl (C=O) groups is 1. The van der Waals surface area contributed by atoms with Gasteiger partial charge in [0.2, 0.25) is 0 Å². The number of likely N-dealkylation sites (tertiary alicyclic amines) is 1. The molecule has 2 fully saturated rings. The molecular formula is C22H27ClFN5O2. The van der Waals surface area contributed by atoms with Crippen LogP contribution in [0.5, 0.6) is 0 Å². The fraction of sp³-hybridized carbons (Fsp3) is 0.545. The van der Waals surface area contributed by atoms with Crippen LogP contribution >= 0.6 is 11.6 Å². The lowest BCUT2D eigenvalue weighted by atomic mass is 9.96. The third kappa shape index (κ3) is 4.16. The zero-order chi connectivity index (χ0) is 21.5. The van der Waals surface area contributed by atoms with Crippen LogP contribution in [0.25, 0.3) is 0 Å². The second-order valence-corrected chi connectivity index (χ2v) is 9.26. The molecule has 1 aromatic carbocycles. The number of hydrogen-bond acceptors (Lipinski definition) is 5. The van der Waals surface area contributed by atoms with E-state index in [0.717, 1.165) is 56.4 Å². The van der Waals surface area contributed by atoms with Crippen LogP contribution in [0.2, 0.25) is 5.02 Å². The van der Waals surface area contributed by atoms with E-state index in [9.17, 15) is 9.18 Å². The third-order valence-electron chi connectivity index (χ3n) is 6.69. The zero-order valence-electron chi connectivity index (χ0n) is 17.6. The Bertz CT molecular complexity index is 932. The molecule has 0 radical (unpaired) electrons. The van der Waals surface area contributed by atoms with E-state index in [1.165, 1.54) is 12.1 Å². The van der Waals surface area contributed by atoms with Crippen molar-refractivity contribution in [3.63, 3.8) is 0 Å². The summed E-state index contributed by atoms with van der Waals surface area (Å²) in [5.74, 6) is 1.59. The fourth-order valence-electron chi connectivity index (χ4n) is 4.94. The van der Waals surface area contributed by atoms with Gasteiger partial charge in [-0.05, 0) is 36.5 Å². The van der Waals surface area contributed by atoms with Gasteiger partial charge in [-0.2, -0.15) is 0 Å². The molecule has 166 valence electrons. The van der Waals surface area contributed by atoms with Gasteiger partial charge >= 0.3 is 6.03 Å². The Kier molecular flexibility index (Phi) is 5.62. The lowest BCUT2D eigenvalue weighted by Crippen LogP contribution is -2.50. The average molecular weight is 448 g/mol. The highest BCUT2D eigenvalue weighted by molar-refractivity contribution is 6.31. The fourth-order valence-corrected chi connectivity index (χ4v) is 5.16. The normalized spacial score (nSPS) is 27.3. The molecule has 4 aliphatic rings. The van der Waals surface area contributed by atoms with E-state index in [4.69, 9.17) is 21.3 Å². The van der Waals surface area contributed by atoms with Crippen LogP contribution in [0.15, 0.2) is 35.2 Å². The number of fused-ring (bicyclic) bond motifs is 1. The number of nitrogens with zero attached hydrogens (tertiary/aromatic N) is 4. The number of halogens is 2. The van der Waals surface area contributed by atoms with Gasteiger partial charge in [0.15, 0.2) is 5.82 Å². The Morgan fingerprint density at radius 1 is 1.29 bits per heavy atom. The Balaban J connectivity index is 1.30. The summed E-state index contributed by atoms with van der Waals surface area (Å²) in [7, 11) is 0. The first-order valence-electron chi connectivity index (χ1n) is 10.9. The maximum atomic E-state index is 13.3. The molecule has 7 nitrogen and oxygen atoms in total. The van der Waals surface area contributed by atoms with Crippen molar-refractivity contribution < 1.29 is 13.9 Å². The molecule has 4 aliphatic heterocycles.